The van der Waals surface area contributed by atoms with Crippen molar-refractivity contribution in [3.8, 4) is 11.5 Å². The Kier molecular flexibility index (Phi) is 5.38. The van der Waals surface area contributed by atoms with Crippen molar-refractivity contribution in [2.45, 2.75) is 19.4 Å². The summed E-state index contributed by atoms with van der Waals surface area (Å²) in [5.41, 5.74) is 4.28. The predicted octanol–water partition coefficient (Wildman–Crippen LogP) is 7.50. The number of rotatable bonds is 5. The molecule has 0 bridgehead atoms. The van der Waals surface area contributed by atoms with Crippen LogP contribution >= 0.6 is 11.6 Å². The summed E-state index contributed by atoms with van der Waals surface area (Å²) in [4.78, 5) is 15.5. The lowest BCUT2D eigenvalue weighted by atomic mass is 9.77. The lowest BCUT2D eigenvalue weighted by molar-refractivity contribution is 0.0227. The third-order valence-corrected chi connectivity index (χ3v) is 7.32. The topological polar surface area (TPSA) is 50.8 Å². The third-order valence-electron chi connectivity index (χ3n) is 6.99. The Morgan fingerprint density at radius 1 is 0.833 bits per heavy atom. The van der Waals surface area contributed by atoms with E-state index in [1.54, 1.807) is 0 Å². The fourth-order valence-corrected chi connectivity index (χ4v) is 5.50. The van der Waals surface area contributed by atoms with Gasteiger partial charge in [-0.15, -0.1) is 0 Å². The molecule has 0 fully saturated rings. The smallest absolute Gasteiger partial charge is 0.340 e. The van der Waals surface area contributed by atoms with Gasteiger partial charge in [-0.1, -0.05) is 48.0 Å². The molecule has 0 aromatic heterocycles. The average Bonchev–Trinajstić information content (AvgIpc) is 3.19. The van der Waals surface area contributed by atoms with Crippen molar-refractivity contribution in [1.29, 1.82) is 0 Å². The predicted molar refractivity (Wildman–Crippen MR) is 143 cm³/mol. The first-order valence-corrected chi connectivity index (χ1v) is 12.5. The molecular weight excluding hydrogens is 472 g/mol. The van der Waals surface area contributed by atoms with Gasteiger partial charge in [-0.05, 0) is 56.3 Å². The molecule has 4 aromatic rings. The van der Waals surface area contributed by atoms with Gasteiger partial charge < -0.3 is 19.7 Å². The molecule has 0 saturated carbocycles. The van der Waals surface area contributed by atoms with Gasteiger partial charge in [0.2, 0.25) is 0 Å². The number of benzene rings is 4. The van der Waals surface area contributed by atoms with Crippen molar-refractivity contribution in [3.05, 3.63) is 112 Å². The molecule has 180 valence electrons. The molecular formula is C30H25ClN2O3. The molecule has 2 aliphatic heterocycles. The van der Waals surface area contributed by atoms with E-state index < -0.39 is 5.60 Å². The summed E-state index contributed by atoms with van der Waals surface area (Å²) in [6.45, 7) is 6.01. The number of esters is 1. The molecule has 2 aliphatic rings. The lowest BCUT2D eigenvalue weighted by Gasteiger charge is -2.38. The van der Waals surface area contributed by atoms with Crippen molar-refractivity contribution in [3.63, 3.8) is 0 Å². The molecule has 1 unspecified atom stereocenters. The van der Waals surface area contributed by atoms with Crippen LogP contribution in [-0.4, -0.2) is 19.1 Å². The molecule has 6 heteroatoms. The van der Waals surface area contributed by atoms with Gasteiger partial charge in [0, 0.05) is 36.0 Å². The maximum Gasteiger partial charge on any atom is 0.340 e. The third kappa shape index (κ3) is 3.27. The Hall–Kier alpha value is -3.96. The zero-order valence-electron chi connectivity index (χ0n) is 20.0. The standard InChI is InChI=1S/C30H25ClN2O3/c1-3-33(4-2)19-16-17-22-27(18-19)35-26-15-9-14-25(32-24-13-8-7-12-23(24)31)28(26)30(22)21-11-6-5-10-20(21)29(34)36-30/h5-18,32H,3-4H2,1-2H3. The Balaban J connectivity index is 1.62. The quantitative estimate of drug-likeness (QED) is 0.290. The first kappa shape index (κ1) is 22.5. The number of carbonyl (C=O) groups excluding carboxylic acids is 1. The molecule has 1 N–H and O–H groups in total. The highest BCUT2D eigenvalue weighted by molar-refractivity contribution is 6.33. The highest BCUT2D eigenvalue weighted by Crippen LogP contribution is 2.58. The summed E-state index contributed by atoms with van der Waals surface area (Å²) in [6.07, 6.45) is 0. The molecule has 1 atom stereocenters. The molecule has 5 nitrogen and oxygen atoms in total. The minimum absolute atomic E-state index is 0.357. The van der Waals surface area contributed by atoms with Crippen molar-refractivity contribution in [2.75, 3.05) is 23.3 Å². The van der Waals surface area contributed by atoms with Crippen LogP contribution in [0.4, 0.5) is 17.1 Å². The molecule has 0 radical (unpaired) electrons. The van der Waals surface area contributed by atoms with Crippen LogP contribution in [0.15, 0.2) is 84.9 Å². The van der Waals surface area contributed by atoms with Crippen LogP contribution in [-0.2, 0) is 10.3 Å². The van der Waals surface area contributed by atoms with E-state index in [-0.39, 0.29) is 5.97 Å². The number of para-hydroxylation sites is 1. The maximum absolute atomic E-state index is 13.2. The SMILES string of the molecule is CCN(CC)c1ccc2c(c1)Oc1cccc(Nc3ccccc3Cl)c1C21OC(=O)c2ccccc21. The minimum Gasteiger partial charge on any atom is -0.456 e. The van der Waals surface area contributed by atoms with E-state index in [4.69, 9.17) is 21.1 Å². The fourth-order valence-electron chi connectivity index (χ4n) is 5.32. The molecule has 0 aliphatic carbocycles. The van der Waals surface area contributed by atoms with Crippen molar-refractivity contribution in [2.24, 2.45) is 0 Å². The van der Waals surface area contributed by atoms with Gasteiger partial charge in [-0.3, -0.25) is 0 Å². The molecule has 6 rings (SSSR count). The summed E-state index contributed by atoms with van der Waals surface area (Å²) in [5.74, 6) is 0.941. The van der Waals surface area contributed by atoms with E-state index in [9.17, 15) is 4.79 Å². The summed E-state index contributed by atoms with van der Waals surface area (Å²) < 4.78 is 12.9. The Labute approximate surface area is 215 Å². The van der Waals surface area contributed by atoms with Gasteiger partial charge in [0.05, 0.1) is 27.5 Å². The van der Waals surface area contributed by atoms with E-state index in [0.717, 1.165) is 46.8 Å². The Morgan fingerprint density at radius 3 is 2.39 bits per heavy atom. The van der Waals surface area contributed by atoms with Gasteiger partial charge >= 0.3 is 5.97 Å². The van der Waals surface area contributed by atoms with Gasteiger partial charge in [-0.25, -0.2) is 4.79 Å². The van der Waals surface area contributed by atoms with E-state index in [1.165, 1.54) is 0 Å². The molecule has 4 aromatic carbocycles. The van der Waals surface area contributed by atoms with Crippen LogP contribution in [0.2, 0.25) is 5.02 Å². The molecule has 0 amide bonds. The second kappa shape index (κ2) is 8.61. The van der Waals surface area contributed by atoms with Gasteiger partial charge in [0.15, 0.2) is 5.60 Å². The largest absolute Gasteiger partial charge is 0.456 e. The number of hydrogen-bond acceptors (Lipinski definition) is 5. The summed E-state index contributed by atoms with van der Waals surface area (Å²) in [6, 6.07) is 27.0. The first-order valence-electron chi connectivity index (χ1n) is 12.1. The normalized spacial score (nSPS) is 17.0. The van der Waals surface area contributed by atoms with E-state index in [2.05, 4.69) is 30.1 Å². The van der Waals surface area contributed by atoms with Gasteiger partial charge in [0.25, 0.3) is 0 Å². The number of ether oxygens (including phenoxy) is 2. The summed E-state index contributed by atoms with van der Waals surface area (Å²) >= 11 is 6.48. The van der Waals surface area contributed by atoms with Crippen molar-refractivity contribution < 1.29 is 14.3 Å². The minimum atomic E-state index is -1.16. The second-order valence-electron chi connectivity index (χ2n) is 8.85. The Bertz CT molecular complexity index is 1500. The fraction of sp³-hybridized carbons (Fsp3) is 0.167. The van der Waals surface area contributed by atoms with Gasteiger partial charge in [0.1, 0.15) is 11.5 Å². The zero-order chi connectivity index (χ0) is 24.9. The molecule has 2 heterocycles. The monoisotopic (exact) mass is 496 g/mol. The van der Waals surface area contributed by atoms with Crippen LogP contribution in [0.5, 0.6) is 11.5 Å². The van der Waals surface area contributed by atoms with Crippen molar-refractivity contribution in [1.82, 2.24) is 0 Å². The second-order valence-corrected chi connectivity index (χ2v) is 9.26. The average molecular weight is 497 g/mol. The van der Waals surface area contributed by atoms with Crippen LogP contribution in [0.3, 0.4) is 0 Å². The lowest BCUT2D eigenvalue weighted by Crippen LogP contribution is -2.34. The summed E-state index contributed by atoms with van der Waals surface area (Å²) in [7, 11) is 0. The van der Waals surface area contributed by atoms with E-state index in [1.807, 2.05) is 78.9 Å². The van der Waals surface area contributed by atoms with E-state index in [0.29, 0.717) is 22.1 Å². The maximum atomic E-state index is 13.2. The Morgan fingerprint density at radius 2 is 1.58 bits per heavy atom. The van der Waals surface area contributed by atoms with Crippen LogP contribution in [0, 0.1) is 0 Å². The van der Waals surface area contributed by atoms with Gasteiger partial charge in [-0.2, -0.15) is 0 Å². The first-order chi connectivity index (χ1) is 17.6. The van der Waals surface area contributed by atoms with Crippen LogP contribution in [0.25, 0.3) is 0 Å². The zero-order valence-corrected chi connectivity index (χ0v) is 20.8. The number of fused-ring (bicyclic) bond motifs is 6. The van der Waals surface area contributed by atoms with Crippen molar-refractivity contribution >= 4 is 34.6 Å². The van der Waals surface area contributed by atoms with E-state index >= 15 is 0 Å². The highest BCUT2D eigenvalue weighted by atomic mass is 35.5. The summed E-state index contributed by atoms with van der Waals surface area (Å²) in [5, 5.41) is 4.06. The number of nitrogens with one attached hydrogen (secondary N) is 1. The number of anilines is 3. The number of halogens is 1. The van der Waals surface area contributed by atoms with Crippen LogP contribution < -0.4 is 15.0 Å². The number of carbonyl (C=O) groups is 1. The molecule has 36 heavy (non-hydrogen) atoms. The molecule has 0 saturated heterocycles. The number of hydrogen-bond donors (Lipinski definition) is 1. The van der Waals surface area contributed by atoms with Crippen LogP contribution in [0.1, 0.15) is 40.9 Å². The molecule has 1 spiro atoms. The highest BCUT2D eigenvalue weighted by Gasteiger charge is 2.54. The number of nitrogens with zero attached hydrogens (tertiary/aromatic N) is 1.